The fraction of sp³-hybridized carbons (Fsp3) is 0.333. The zero-order chi connectivity index (χ0) is 5.54. The molecule has 0 aliphatic heterocycles. The van der Waals surface area contributed by atoms with Crippen molar-refractivity contribution in [2.24, 2.45) is 0 Å². The van der Waals surface area contributed by atoms with E-state index in [0.29, 0.717) is 7.18 Å². The van der Waals surface area contributed by atoms with E-state index in [1.54, 1.807) is 12.4 Å². The Hall–Kier alpha value is -0.930. The third-order valence-corrected chi connectivity index (χ3v) is 0.331. The van der Waals surface area contributed by atoms with E-state index in [4.69, 9.17) is 0 Å². The van der Waals surface area contributed by atoms with Crippen LogP contribution in [-0.2, 0) is 0 Å². The molecule has 1 aromatic rings. The van der Waals surface area contributed by atoms with Crippen LogP contribution in [0.1, 0.15) is 0 Å². The summed E-state index contributed by atoms with van der Waals surface area (Å²) in [6, 6.07) is 0. The topological polar surface area (TPSA) is 41.6 Å². The van der Waals surface area contributed by atoms with Crippen molar-refractivity contribution in [1.82, 2.24) is 15.4 Å². The first-order chi connectivity index (χ1) is 3.50. The summed E-state index contributed by atoms with van der Waals surface area (Å²) in [5.41, 5.74) is 0. The Bertz CT molecular complexity index is 66.7. The van der Waals surface area contributed by atoms with Crippen LogP contribution in [0.25, 0.3) is 0 Å². The summed E-state index contributed by atoms with van der Waals surface area (Å²) in [5.74, 6) is 0. The molecule has 1 heterocycles. The summed E-state index contributed by atoms with van der Waals surface area (Å²) in [5, 5.41) is 9.26. The van der Waals surface area contributed by atoms with E-state index in [1.165, 1.54) is 0 Å². The maximum Gasteiger partial charge on any atom is 0.0785 e. The number of nitrogens with zero attached hydrogens (tertiary/aromatic N) is 2. The van der Waals surface area contributed by atoms with Crippen molar-refractivity contribution in [3.8, 4) is 0 Å². The fourth-order valence-corrected chi connectivity index (χ4v) is 0.167. The number of rotatable bonds is 0. The highest BCUT2D eigenvalue weighted by atomic mass is 19.1. The van der Waals surface area contributed by atoms with Crippen molar-refractivity contribution < 1.29 is 4.39 Å². The predicted octanol–water partition coefficient (Wildman–Crippen LogP) is 0.390. The standard InChI is InChI=1S/C2H3N3.CH3F/c1-2-4-5-3-1;1-2/h1-2H,(H,3,4,5);1H3. The summed E-state index contributed by atoms with van der Waals surface area (Å²) in [6.45, 7) is 0. The van der Waals surface area contributed by atoms with Gasteiger partial charge >= 0.3 is 0 Å². The highest BCUT2D eigenvalue weighted by Gasteiger charge is 1.57. The summed E-state index contributed by atoms with van der Waals surface area (Å²) >= 11 is 0. The Labute approximate surface area is 40.6 Å². The van der Waals surface area contributed by atoms with Gasteiger partial charge in [-0.15, -0.1) is 5.10 Å². The Morgan fingerprint density at radius 2 is 2.29 bits per heavy atom. The second kappa shape index (κ2) is 5.07. The Balaban J connectivity index is 0.000000162. The third-order valence-electron chi connectivity index (χ3n) is 0.331. The monoisotopic (exact) mass is 103 g/mol. The molecule has 7 heavy (non-hydrogen) atoms. The van der Waals surface area contributed by atoms with Gasteiger partial charge in [0.2, 0.25) is 0 Å². The minimum Gasteiger partial charge on any atom is -0.266 e. The largest absolute Gasteiger partial charge is 0.266 e. The number of nitrogens with one attached hydrogen (secondary N) is 1. The number of aromatic amines is 1. The van der Waals surface area contributed by atoms with E-state index in [9.17, 15) is 4.39 Å². The van der Waals surface area contributed by atoms with Crippen molar-refractivity contribution in [3.63, 3.8) is 0 Å². The van der Waals surface area contributed by atoms with Gasteiger partial charge in [0.1, 0.15) is 0 Å². The number of H-pyrrole nitrogens is 1. The maximum absolute atomic E-state index is 9.50. The van der Waals surface area contributed by atoms with E-state index in [-0.39, 0.29) is 0 Å². The first kappa shape index (κ1) is 6.07. The van der Waals surface area contributed by atoms with Gasteiger partial charge in [-0.3, -0.25) is 9.49 Å². The first-order valence-electron chi connectivity index (χ1n) is 1.68. The van der Waals surface area contributed by atoms with E-state index < -0.39 is 0 Å². The van der Waals surface area contributed by atoms with Crippen LogP contribution in [-0.4, -0.2) is 22.6 Å². The van der Waals surface area contributed by atoms with Crippen molar-refractivity contribution in [3.05, 3.63) is 12.4 Å². The molecule has 0 fully saturated rings. The van der Waals surface area contributed by atoms with Gasteiger partial charge in [-0.05, 0) is 0 Å². The third kappa shape index (κ3) is 2.88. The molecule has 1 aromatic heterocycles. The molecule has 4 heteroatoms. The Morgan fingerprint density at radius 3 is 2.43 bits per heavy atom. The average Bonchev–Trinajstić information content (AvgIpc) is 2.23. The van der Waals surface area contributed by atoms with Crippen LogP contribution >= 0.6 is 0 Å². The normalized spacial score (nSPS) is 6.57. The Morgan fingerprint density at radius 1 is 1.57 bits per heavy atom. The molecule has 40 valence electrons. The van der Waals surface area contributed by atoms with Gasteiger partial charge in [0, 0.05) is 6.20 Å². The molecule has 0 radical (unpaired) electrons. The summed E-state index contributed by atoms with van der Waals surface area (Å²) in [7, 11) is 0.500. The molecule has 0 unspecified atom stereocenters. The van der Waals surface area contributed by atoms with Gasteiger partial charge in [0.25, 0.3) is 0 Å². The molecular formula is C3H6FN3. The van der Waals surface area contributed by atoms with Gasteiger partial charge in [-0.2, -0.15) is 0 Å². The van der Waals surface area contributed by atoms with Crippen molar-refractivity contribution >= 4 is 0 Å². The van der Waals surface area contributed by atoms with E-state index in [2.05, 4.69) is 15.4 Å². The lowest BCUT2D eigenvalue weighted by Crippen LogP contribution is -1.61. The summed E-state index contributed by atoms with van der Waals surface area (Å²) in [4.78, 5) is 0. The zero-order valence-corrected chi connectivity index (χ0v) is 3.93. The molecule has 3 nitrogen and oxygen atoms in total. The molecule has 0 aliphatic carbocycles. The van der Waals surface area contributed by atoms with Crippen LogP contribution in [0.5, 0.6) is 0 Å². The lowest BCUT2D eigenvalue weighted by Gasteiger charge is -1.46. The maximum atomic E-state index is 9.50. The second-order valence-corrected chi connectivity index (χ2v) is 0.660. The highest BCUT2D eigenvalue weighted by Crippen LogP contribution is 1.55. The lowest BCUT2D eigenvalue weighted by molar-refractivity contribution is 0.636. The van der Waals surface area contributed by atoms with Crippen LogP contribution in [0, 0.1) is 0 Å². The molecule has 1 rings (SSSR count). The number of alkyl halides is 1. The van der Waals surface area contributed by atoms with Crippen molar-refractivity contribution in [2.75, 3.05) is 7.18 Å². The molecule has 0 aliphatic rings. The number of hydrogen-bond acceptors (Lipinski definition) is 2. The SMILES string of the molecule is CF.c1c[nH]nn1. The van der Waals surface area contributed by atoms with Gasteiger partial charge < -0.3 is 0 Å². The van der Waals surface area contributed by atoms with Gasteiger partial charge in [-0.1, -0.05) is 5.21 Å². The molecule has 0 bridgehead atoms. The van der Waals surface area contributed by atoms with Crippen LogP contribution in [0.3, 0.4) is 0 Å². The van der Waals surface area contributed by atoms with Gasteiger partial charge in [0.05, 0.1) is 13.4 Å². The minimum absolute atomic E-state index is 0.500. The lowest BCUT2D eigenvalue weighted by atomic mass is 11.0. The minimum atomic E-state index is 0.500. The fourth-order valence-electron chi connectivity index (χ4n) is 0.167. The first-order valence-corrected chi connectivity index (χ1v) is 1.68. The smallest absolute Gasteiger partial charge is 0.0785 e. The van der Waals surface area contributed by atoms with Crippen LogP contribution in [0.4, 0.5) is 4.39 Å². The van der Waals surface area contributed by atoms with Crippen molar-refractivity contribution in [1.29, 1.82) is 0 Å². The molecule has 0 amide bonds. The zero-order valence-electron chi connectivity index (χ0n) is 3.93. The second-order valence-electron chi connectivity index (χ2n) is 0.660. The summed E-state index contributed by atoms with van der Waals surface area (Å²) < 4.78 is 9.50. The quantitative estimate of drug-likeness (QED) is 0.516. The summed E-state index contributed by atoms with van der Waals surface area (Å²) in [6.07, 6.45) is 3.24. The van der Waals surface area contributed by atoms with Gasteiger partial charge in [-0.25, -0.2) is 0 Å². The molecule has 0 saturated carbocycles. The highest BCUT2D eigenvalue weighted by molar-refractivity contribution is 4.54. The molecular weight excluding hydrogens is 97.1 g/mol. The molecule has 0 aromatic carbocycles. The molecule has 0 spiro atoms. The van der Waals surface area contributed by atoms with Crippen molar-refractivity contribution in [2.45, 2.75) is 0 Å². The average molecular weight is 103 g/mol. The number of aromatic nitrogens is 3. The van der Waals surface area contributed by atoms with Crippen LogP contribution in [0.15, 0.2) is 12.4 Å². The Kier molecular flexibility index (Phi) is 4.40. The van der Waals surface area contributed by atoms with E-state index >= 15 is 0 Å². The van der Waals surface area contributed by atoms with E-state index in [0.717, 1.165) is 0 Å². The van der Waals surface area contributed by atoms with Crippen LogP contribution in [0.2, 0.25) is 0 Å². The van der Waals surface area contributed by atoms with E-state index in [1.807, 2.05) is 0 Å². The number of hydrogen-bond donors (Lipinski definition) is 1. The molecule has 0 atom stereocenters. The predicted molar refractivity (Wildman–Crippen MR) is 23.4 cm³/mol. The van der Waals surface area contributed by atoms with Crippen LogP contribution < -0.4 is 0 Å². The van der Waals surface area contributed by atoms with Gasteiger partial charge in [0.15, 0.2) is 0 Å². The molecule has 1 N–H and O–H groups in total. The number of halogens is 1. The molecule has 0 saturated heterocycles.